The monoisotopic (exact) mass is 455 g/mol. The van der Waals surface area contributed by atoms with Crippen LogP contribution >= 0.6 is 0 Å². The second kappa shape index (κ2) is 7.43. The molecule has 0 radical (unpaired) electrons. The van der Waals surface area contributed by atoms with Gasteiger partial charge in [-0.05, 0) is 0 Å². The van der Waals surface area contributed by atoms with E-state index in [0.29, 0.717) is 38.9 Å². The van der Waals surface area contributed by atoms with Crippen molar-refractivity contribution in [3.8, 4) is 17.1 Å². The SMILES string of the molecule is C[I-]c1ccc2c(c1)CCn1c-2cc(OCC2COCCO2)nc1=O. The van der Waals surface area contributed by atoms with E-state index in [1.54, 1.807) is 4.57 Å². The van der Waals surface area contributed by atoms with Crippen LogP contribution in [0.5, 0.6) is 5.88 Å². The van der Waals surface area contributed by atoms with Crippen molar-refractivity contribution in [1.82, 2.24) is 9.55 Å². The predicted molar refractivity (Wildman–Crippen MR) is 88.3 cm³/mol. The number of hydrogen-bond acceptors (Lipinski definition) is 5. The van der Waals surface area contributed by atoms with Gasteiger partial charge in [0.05, 0.1) is 6.61 Å². The molecule has 1 aromatic carbocycles. The van der Waals surface area contributed by atoms with Crippen LogP contribution in [0.1, 0.15) is 5.56 Å². The van der Waals surface area contributed by atoms with Crippen molar-refractivity contribution in [1.29, 1.82) is 0 Å². The van der Waals surface area contributed by atoms with E-state index in [1.165, 1.54) is 9.13 Å². The van der Waals surface area contributed by atoms with E-state index in [9.17, 15) is 4.79 Å². The molecule has 1 saturated heterocycles. The third kappa shape index (κ3) is 3.58. The fourth-order valence-corrected chi connectivity index (χ4v) is 4.40. The first-order valence-corrected chi connectivity index (χ1v) is 11.5. The number of aryl methyl sites for hydroxylation is 1. The first kappa shape index (κ1) is 17.0. The third-order valence-corrected chi connectivity index (χ3v) is 6.37. The average Bonchev–Trinajstić information content (AvgIpc) is 2.66. The molecule has 0 spiro atoms. The predicted octanol–water partition coefficient (Wildman–Crippen LogP) is -1.85. The number of ether oxygens (including phenoxy) is 3. The number of benzene rings is 1. The zero-order valence-corrected chi connectivity index (χ0v) is 16.2. The number of nitrogens with zero attached hydrogens (tertiary/aromatic N) is 2. The van der Waals surface area contributed by atoms with Crippen LogP contribution < -0.4 is 31.6 Å². The van der Waals surface area contributed by atoms with E-state index >= 15 is 0 Å². The van der Waals surface area contributed by atoms with Gasteiger partial charge in [-0.25, -0.2) is 0 Å². The molecule has 0 saturated carbocycles. The van der Waals surface area contributed by atoms with Gasteiger partial charge in [-0.1, -0.05) is 0 Å². The van der Waals surface area contributed by atoms with Crippen LogP contribution in [0.2, 0.25) is 0 Å². The summed E-state index contributed by atoms with van der Waals surface area (Å²) < 4.78 is 19.8. The summed E-state index contributed by atoms with van der Waals surface area (Å²) in [5.41, 5.74) is 3.04. The Hall–Kier alpha value is -1.45. The van der Waals surface area contributed by atoms with E-state index in [4.69, 9.17) is 14.2 Å². The fourth-order valence-electron chi connectivity index (χ4n) is 3.18. The van der Waals surface area contributed by atoms with Crippen LogP contribution in [0.3, 0.4) is 0 Å². The van der Waals surface area contributed by atoms with Crippen molar-refractivity contribution in [2.75, 3.05) is 31.4 Å². The molecule has 1 aromatic heterocycles. The number of halogens is 1. The minimum atomic E-state index is -0.258. The molecular weight excluding hydrogens is 435 g/mol. The molecule has 25 heavy (non-hydrogen) atoms. The normalized spacial score (nSPS) is 19.3. The molecule has 0 aliphatic carbocycles. The number of hydrogen-bond donors (Lipinski definition) is 0. The first-order chi connectivity index (χ1) is 12.2. The number of aromatic nitrogens is 2. The van der Waals surface area contributed by atoms with Gasteiger partial charge in [0.1, 0.15) is 0 Å². The molecule has 0 bridgehead atoms. The van der Waals surface area contributed by atoms with E-state index in [0.717, 1.165) is 17.7 Å². The second-order valence-electron chi connectivity index (χ2n) is 6.03. The van der Waals surface area contributed by atoms with Crippen molar-refractivity contribution >= 4 is 0 Å². The van der Waals surface area contributed by atoms with Crippen LogP contribution in [0.15, 0.2) is 29.1 Å². The van der Waals surface area contributed by atoms with Crippen LogP contribution in [0.25, 0.3) is 11.3 Å². The Morgan fingerprint density at radius 1 is 1.36 bits per heavy atom. The summed E-state index contributed by atoms with van der Waals surface area (Å²) in [7, 11) is 0. The molecule has 0 N–H and O–H groups in total. The molecule has 3 heterocycles. The first-order valence-electron chi connectivity index (χ1n) is 8.31. The molecule has 7 heteroatoms. The van der Waals surface area contributed by atoms with Gasteiger partial charge in [-0.15, -0.1) is 0 Å². The Morgan fingerprint density at radius 3 is 3.08 bits per heavy atom. The van der Waals surface area contributed by atoms with E-state index in [2.05, 4.69) is 28.1 Å². The molecule has 2 aromatic rings. The summed E-state index contributed by atoms with van der Waals surface area (Å²) in [6.07, 6.45) is 0.757. The zero-order chi connectivity index (χ0) is 17.2. The summed E-state index contributed by atoms with van der Waals surface area (Å²) in [5.74, 6) is 0.352. The van der Waals surface area contributed by atoms with Gasteiger partial charge in [0.2, 0.25) is 0 Å². The fraction of sp³-hybridized carbons (Fsp3) is 0.444. The van der Waals surface area contributed by atoms with Crippen molar-refractivity contribution in [3.05, 3.63) is 43.9 Å². The van der Waals surface area contributed by atoms with Crippen LogP contribution in [0, 0.1) is 3.57 Å². The van der Waals surface area contributed by atoms with Gasteiger partial charge < -0.3 is 0 Å². The van der Waals surface area contributed by atoms with Crippen molar-refractivity contribution in [3.63, 3.8) is 0 Å². The Morgan fingerprint density at radius 2 is 2.28 bits per heavy atom. The van der Waals surface area contributed by atoms with Crippen LogP contribution in [-0.4, -0.2) is 47.0 Å². The summed E-state index contributed by atoms with van der Waals surface area (Å²) in [5, 5.41) is 0. The third-order valence-electron chi connectivity index (χ3n) is 4.46. The van der Waals surface area contributed by atoms with E-state index < -0.39 is 0 Å². The maximum atomic E-state index is 12.4. The molecule has 1 unspecified atom stereocenters. The van der Waals surface area contributed by atoms with Crippen LogP contribution in [-0.2, 0) is 22.4 Å². The molecule has 4 rings (SSSR count). The zero-order valence-electron chi connectivity index (χ0n) is 14.0. The van der Waals surface area contributed by atoms with E-state index in [1.807, 2.05) is 6.07 Å². The molecule has 6 nitrogen and oxygen atoms in total. The Bertz CT molecular complexity index is 830. The Labute approximate surface area is 156 Å². The molecule has 1 atom stereocenters. The van der Waals surface area contributed by atoms with Gasteiger partial charge >= 0.3 is 150 Å². The van der Waals surface area contributed by atoms with Crippen molar-refractivity contribution in [2.24, 2.45) is 0 Å². The topological polar surface area (TPSA) is 62.6 Å². The quantitative estimate of drug-likeness (QED) is 0.401. The molecule has 0 amide bonds. The Kier molecular flexibility index (Phi) is 5.05. The van der Waals surface area contributed by atoms with Gasteiger partial charge in [0.25, 0.3) is 0 Å². The number of rotatable bonds is 4. The maximum absolute atomic E-state index is 12.4. The van der Waals surface area contributed by atoms with Crippen molar-refractivity contribution < 1.29 is 35.4 Å². The molecular formula is C18H20IN2O4-. The van der Waals surface area contributed by atoms with E-state index in [-0.39, 0.29) is 33.0 Å². The molecule has 134 valence electrons. The second-order valence-corrected chi connectivity index (χ2v) is 8.36. The average molecular weight is 455 g/mol. The number of alkyl halides is 1. The van der Waals surface area contributed by atoms with Crippen LogP contribution in [0.4, 0.5) is 0 Å². The molecule has 2 aliphatic rings. The van der Waals surface area contributed by atoms with Crippen molar-refractivity contribution in [2.45, 2.75) is 19.1 Å². The summed E-state index contributed by atoms with van der Waals surface area (Å²) >= 11 is 0.0662. The van der Waals surface area contributed by atoms with Gasteiger partial charge in [0.15, 0.2) is 0 Å². The summed E-state index contributed by atoms with van der Waals surface area (Å²) in [6.45, 7) is 2.70. The van der Waals surface area contributed by atoms with Gasteiger partial charge in [0, 0.05) is 0 Å². The van der Waals surface area contributed by atoms with Gasteiger partial charge in [-0.3, -0.25) is 0 Å². The van der Waals surface area contributed by atoms with Gasteiger partial charge in [-0.2, -0.15) is 0 Å². The Balaban J connectivity index is 1.61. The standard InChI is InChI=1S/C18H20IN2O4/c1-19-13-2-3-15-12(8-13)4-5-21-16(15)9-17(20-18(21)22)25-11-14-10-23-6-7-24-14/h2-3,8-9,14H,4-7,10-11H2,1H3/q-1. The summed E-state index contributed by atoms with van der Waals surface area (Å²) in [6, 6.07) is 8.44. The molecule has 1 fully saturated rings. The minimum absolute atomic E-state index is 0.0662. The summed E-state index contributed by atoms with van der Waals surface area (Å²) in [4.78, 5) is 18.7. The molecule has 2 aliphatic heterocycles. The number of fused-ring (bicyclic) bond motifs is 3.